The van der Waals surface area contributed by atoms with Crippen molar-refractivity contribution in [1.29, 1.82) is 0 Å². The molecule has 0 aliphatic heterocycles. The second kappa shape index (κ2) is 12.2. The van der Waals surface area contributed by atoms with E-state index in [1.54, 1.807) is 0 Å². The smallest absolute Gasteiger partial charge is 0.136 e. The molecule has 0 aliphatic rings. The van der Waals surface area contributed by atoms with E-state index in [0.29, 0.717) is 0 Å². The summed E-state index contributed by atoms with van der Waals surface area (Å²) in [5.74, 6) is 0. The van der Waals surface area contributed by atoms with Crippen molar-refractivity contribution in [3.05, 3.63) is 188 Å². The van der Waals surface area contributed by atoms with Gasteiger partial charge in [0.15, 0.2) is 0 Å². The lowest BCUT2D eigenvalue weighted by Gasteiger charge is -2.26. The minimum Gasteiger partial charge on any atom is -0.456 e. The summed E-state index contributed by atoms with van der Waals surface area (Å²) < 4.78 is 9.12. The fraction of sp³-hybridized carbons (Fsp3) is 0. The largest absolute Gasteiger partial charge is 0.456 e. The van der Waals surface area contributed by atoms with Gasteiger partial charge in [0.2, 0.25) is 0 Å². The highest BCUT2D eigenvalue weighted by Crippen LogP contribution is 2.43. The highest BCUT2D eigenvalue weighted by Gasteiger charge is 2.18. The third kappa shape index (κ3) is 5.18. The van der Waals surface area contributed by atoms with Crippen LogP contribution in [0.25, 0.3) is 75.5 Å². The molecule has 0 aliphatic carbocycles. The summed E-state index contributed by atoms with van der Waals surface area (Å²) in [6.45, 7) is 0. The lowest BCUT2D eigenvalue weighted by Crippen LogP contribution is -2.09. The van der Waals surface area contributed by atoms with E-state index in [9.17, 15) is 0 Å². The fourth-order valence-corrected chi connectivity index (χ4v) is 8.55. The summed E-state index contributed by atoms with van der Waals surface area (Å²) in [5.41, 5.74) is 12.2. The van der Waals surface area contributed by atoms with Gasteiger partial charge in [0.25, 0.3) is 0 Å². The Labute approximate surface area is 300 Å². The van der Waals surface area contributed by atoms with Gasteiger partial charge in [-0.2, -0.15) is 0 Å². The first-order chi connectivity index (χ1) is 25.3. The molecule has 0 fully saturated rings. The topological polar surface area (TPSA) is 16.4 Å². The van der Waals surface area contributed by atoms with E-state index >= 15 is 0 Å². The molecule has 10 aromatic rings. The van der Waals surface area contributed by atoms with Gasteiger partial charge in [0.1, 0.15) is 11.2 Å². The monoisotopic (exact) mass is 669 g/mol. The molecule has 0 saturated carbocycles. The molecule has 240 valence electrons. The van der Waals surface area contributed by atoms with Crippen LogP contribution in [0.5, 0.6) is 0 Å². The number of hydrogen-bond donors (Lipinski definition) is 0. The zero-order valence-corrected chi connectivity index (χ0v) is 28.5. The Morgan fingerprint density at radius 3 is 1.61 bits per heavy atom. The molecule has 2 nitrogen and oxygen atoms in total. The molecule has 0 atom stereocenters. The van der Waals surface area contributed by atoms with Crippen LogP contribution in [0.2, 0.25) is 0 Å². The molecule has 0 spiro atoms. The Bertz CT molecular complexity index is 2750. The molecule has 51 heavy (non-hydrogen) atoms. The van der Waals surface area contributed by atoms with Gasteiger partial charge in [-0.25, -0.2) is 0 Å². The summed E-state index contributed by atoms with van der Waals surface area (Å²) in [7, 11) is 0. The molecule has 10 rings (SSSR count). The number of benzene rings is 8. The molecule has 0 amide bonds. The van der Waals surface area contributed by atoms with Crippen LogP contribution >= 0.6 is 11.3 Å². The Hall–Kier alpha value is -6.42. The lowest BCUT2D eigenvalue weighted by molar-refractivity contribution is 0.669. The van der Waals surface area contributed by atoms with Crippen molar-refractivity contribution >= 4 is 70.5 Å². The number of furan rings is 1. The molecule has 0 N–H and O–H groups in total. The summed E-state index contributed by atoms with van der Waals surface area (Å²) in [6, 6.07) is 67.3. The van der Waals surface area contributed by atoms with Crippen molar-refractivity contribution in [3.8, 4) is 33.4 Å². The standard InChI is InChI=1S/C48H31NOS/c1-3-10-32(11-4-1)34-18-23-37(24-19-34)49(38-25-20-35(21-26-38)33-12-5-2-6-13-33)39-27-29-44-43(31-39)48-40(15-9-16-45(48)50-44)36-22-28-42-41-14-7-8-17-46(41)51-47(42)30-36/h1-31H. The Balaban J connectivity index is 1.12. The summed E-state index contributed by atoms with van der Waals surface area (Å²) >= 11 is 1.85. The van der Waals surface area contributed by atoms with Gasteiger partial charge in [0, 0.05) is 48.0 Å². The van der Waals surface area contributed by atoms with E-state index < -0.39 is 0 Å². The predicted octanol–water partition coefficient (Wildman–Crippen LogP) is 14.4. The number of fused-ring (bicyclic) bond motifs is 6. The maximum absolute atomic E-state index is 6.51. The van der Waals surface area contributed by atoms with Gasteiger partial charge in [-0.05, 0) is 94.0 Å². The van der Waals surface area contributed by atoms with E-state index in [1.165, 1.54) is 53.6 Å². The lowest BCUT2D eigenvalue weighted by atomic mass is 9.98. The van der Waals surface area contributed by atoms with Crippen LogP contribution in [0.1, 0.15) is 0 Å². The van der Waals surface area contributed by atoms with E-state index in [2.05, 4.69) is 193 Å². The van der Waals surface area contributed by atoms with Crippen molar-refractivity contribution in [2.75, 3.05) is 4.90 Å². The molecule has 2 heterocycles. The minimum absolute atomic E-state index is 0.878. The first-order valence-corrected chi connectivity index (χ1v) is 18.1. The first kappa shape index (κ1) is 29.5. The maximum Gasteiger partial charge on any atom is 0.136 e. The Kier molecular flexibility index (Phi) is 7.04. The van der Waals surface area contributed by atoms with Crippen LogP contribution in [0.4, 0.5) is 17.1 Å². The molecule has 0 unspecified atom stereocenters. The van der Waals surface area contributed by atoms with Crippen LogP contribution < -0.4 is 4.90 Å². The third-order valence-corrected chi connectivity index (χ3v) is 11.0. The van der Waals surface area contributed by atoms with Crippen molar-refractivity contribution in [3.63, 3.8) is 0 Å². The minimum atomic E-state index is 0.878. The van der Waals surface area contributed by atoms with Gasteiger partial charge in [-0.15, -0.1) is 11.3 Å². The van der Waals surface area contributed by atoms with Crippen LogP contribution in [0.15, 0.2) is 192 Å². The summed E-state index contributed by atoms with van der Waals surface area (Å²) in [5, 5.41) is 4.85. The molecule has 0 radical (unpaired) electrons. The van der Waals surface area contributed by atoms with Crippen LogP contribution in [-0.2, 0) is 0 Å². The Morgan fingerprint density at radius 1 is 0.353 bits per heavy atom. The number of anilines is 3. The van der Waals surface area contributed by atoms with Gasteiger partial charge < -0.3 is 9.32 Å². The molecule has 2 aromatic heterocycles. The predicted molar refractivity (Wildman–Crippen MR) is 218 cm³/mol. The number of thiophene rings is 1. The van der Waals surface area contributed by atoms with Crippen molar-refractivity contribution in [2.24, 2.45) is 0 Å². The third-order valence-electron chi connectivity index (χ3n) is 9.89. The molecule has 8 aromatic carbocycles. The highest BCUT2D eigenvalue weighted by atomic mass is 32.1. The van der Waals surface area contributed by atoms with Crippen LogP contribution in [0, 0.1) is 0 Å². The van der Waals surface area contributed by atoms with E-state index in [1.807, 2.05) is 11.3 Å². The normalized spacial score (nSPS) is 11.5. The van der Waals surface area contributed by atoms with Gasteiger partial charge in [0.05, 0.1) is 0 Å². The van der Waals surface area contributed by atoms with Crippen LogP contribution in [0.3, 0.4) is 0 Å². The fourth-order valence-electron chi connectivity index (χ4n) is 7.40. The van der Waals surface area contributed by atoms with E-state index in [4.69, 9.17) is 4.42 Å². The highest BCUT2D eigenvalue weighted by molar-refractivity contribution is 7.25. The summed E-state index contributed by atoms with van der Waals surface area (Å²) in [6.07, 6.45) is 0. The SMILES string of the molecule is c1ccc(-c2ccc(N(c3ccc(-c4ccccc4)cc3)c3ccc4oc5cccc(-c6ccc7c(c6)sc6ccccc67)c5c4c3)cc2)cc1. The van der Waals surface area contributed by atoms with Gasteiger partial charge >= 0.3 is 0 Å². The van der Waals surface area contributed by atoms with Crippen molar-refractivity contribution in [1.82, 2.24) is 0 Å². The van der Waals surface area contributed by atoms with Crippen molar-refractivity contribution in [2.45, 2.75) is 0 Å². The molecular formula is C48H31NOS. The quantitative estimate of drug-likeness (QED) is 0.175. The number of rotatable bonds is 6. The Morgan fingerprint density at radius 2 is 0.922 bits per heavy atom. The molecule has 3 heteroatoms. The molecular weight excluding hydrogens is 639 g/mol. The average molecular weight is 670 g/mol. The van der Waals surface area contributed by atoms with E-state index in [-0.39, 0.29) is 0 Å². The zero-order chi connectivity index (χ0) is 33.7. The maximum atomic E-state index is 6.51. The number of hydrogen-bond acceptors (Lipinski definition) is 3. The second-order valence-electron chi connectivity index (χ2n) is 12.9. The van der Waals surface area contributed by atoms with E-state index in [0.717, 1.165) is 39.0 Å². The van der Waals surface area contributed by atoms with Crippen LogP contribution in [-0.4, -0.2) is 0 Å². The summed E-state index contributed by atoms with van der Waals surface area (Å²) in [4.78, 5) is 2.34. The molecule has 0 saturated heterocycles. The number of nitrogens with zero attached hydrogens (tertiary/aromatic N) is 1. The zero-order valence-electron chi connectivity index (χ0n) is 27.7. The average Bonchev–Trinajstić information content (AvgIpc) is 3.77. The van der Waals surface area contributed by atoms with Gasteiger partial charge in [-0.1, -0.05) is 127 Å². The second-order valence-corrected chi connectivity index (χ2v) is 14.0. The van der Waals surface area contributed by atoms with Crippen molar-refractivity contribution < 1.29 is 4.42 Å². The van der Waals surface area contributed by atoms with Gasteiger partial charge in [-0.3, -0.25) is 0 Å². The first-order valence-electron chi connectivity index (χ1n) is 17.2. The molecule has 0 bridgehead atoms.